The number of hydrogen-bond acceptors (Lipinski definition) is 0. The third kappa shape index (κ3) is 4.15. The zero-order chi connectivity index (χ0) is 11.7. The molecule has 0 fully saturated rings. The summed E-state index contributed by atoms with van der Waals surface area (Å²) in [5.41, 5.74) is 2.95. The van der Waals surface area contributed by atoms with Gasteiger partial charge in [0.25, 0.3) is 0 Å². The van der Waals surface area contributed by atoms with Gasteiger partial charge in [0.2, 0.25) is 0 Å². The van der Waals surface area contributed by atoms with E-state index in [-0.39, 0.29) is 24.8 Å². The molecular weight excluding hydrogens is 430 g/mol. The first-order chi connectivity index (χ1) is 7.58. The van der Waals surface area contributed by atoms with E-state index in [0.717, 1.165) is 0 Å². The van der Waals surface area contributed by atoms with Crippen LogP contribution >= 0.6 is 0 Å². The molecule has 0 saturated carbocycles. The van der Waals surface area contributed by atoms with Crippen LogP contribution in [-0.4, -0.2) is 3.26 Å². The van der Waals surface area contributed by atoms with Crippen molar-refractivity contribution in [3.05, 3.63) is 42.1 Å². The molecule has 0 bridgehead atoms. The van der Waals surface area contributed by atoms with E-state index in [1.165, 1.54) is 24.0 Å². The first kappa shape index (κ1) is 18.3. The maximum Gasteiger partial charge on any atom is -1.00 e. The van der Waals surface area contributed by atoms with Crippen LogP contribution in [-0.2, 0) is 21.0 Å². The molecule has 0 atom stereocenters. The van der Waals surface area contributed by atoms with E-state index in [4.69, 9.17) is 0 Å². The summed E-state index contributed by atoms with van der Waals surface area (Å²) in [4.78, 5) is 0. The smallest absolute Gasteiger partial charge is 1.00 e. The van der Waals surface area contributed by atoms with Crippen molar-refractivity contribution in [3.63, 3.8) is 0 Å². The third-order valence-electron chi connectivity index (χ3n) is 3.23. The van der Waals surface area contributed by atoms with Crippen LogP contribution in [0.3, 0.4) is 0 Å². The Morgan fingerprint density at radius 2 is 1.28 bits per heavy atom. The van der Waals surface area contributed by atoms with Gasteiger partial charge in [-0.1, -0.05) is 0 Å². The quantitative estimate of drug-likeness (QED) is 0.441. The van der Waals surface area contributed by atoms with Gasteiger partial charge < -0.3 is 24.8 Å². The SMILES string of the molecule is CC1=CC[C]([Hf+2]([C]2=CC(C)=CC2)=[C](C)C)=C1.[Cl-].[Cl-]. The molecule has 98 valence electrons. The monoisotopic (exact) mass is 450 g/mol. The van der Waals surface area contributed by atoms with Gasteiger partial charge in [-0.3, -0.25) is 0 Å². The molecule has 0 spiro atoms. The second-order valence-electron chi connectivity index (χ2n) is 5.02. The minimum Gasteiger partial charge on any atom is -1.00 e. The predicted octanol–water partition coefficient (Wildman–Crippen LogP) is -1.71. The van der Waals surface area contributed by atoms with Crippen molar-refractivity contribution in [3.8, 4) is 0 Å². The van der Waals surface area contributed by atoms with Gasteiger partial charge >= 0.3 is 107 Å². The molecular formula is C15H20Cl2Hf. The Kier molecular flexibility index (Phi) is 7.89. The molecule has 0 heterocycles. The van der Waals surface area contributed by atoms with Crippen molar-refractivity contribution in [2.75, 3.05) is 0 Å². The number of halogens is 2. The first-order valence-corrected chi connectivity index (χ1v) is 11.4. The minimum absolute atomic E-state index is 0. The summed E-state index contributed by atoms with van der Waals surface area (Å²) < 4.78 is 5.31. The second-order valence-corrected chi connectivity index (χ2v) is 15.9. The van der Waals surface area contributed by atoms with Crippen molar-refractivity contribution < 1.29 is 45.8 Å². The van der Waals surface area contributed by atoms with Crippen molar-refractivity contribution in [2.24, 2.45) is 0 Å². The molecule has 0 amide bonds. The van der Waals surface area contributed by atoms with Crippen LogP contribution in [0.25, 0.3) is 0 Å². The Balaban J connectivity index is 0.00000144. The molecule has 2 aliphatic carbocycles. The molecule has 0 aromatic rings. The molecule has 2 aliphatic rings. The van der Waals surface area contributed by atoms with Gasteiger partial charge in [0, 0.05) is 0 Å². The average molecular weight is 450 g/mol. The van der Waals surface area contributed by atoms with Crippen LogP contribution in [0.4, 0.5) is 0 Å². The predicted molar refractivity (Wildman–Crippen MR) is 69.3 cm³/mol. The van der Waals surface area contributed by atoms with E-state index >= 15 is 0 Å². The molecule has 18 heavy (non-hydrogen) atoms. The Labute approximate surface area is 131 Å². The zero-order valence-electron chi connectivity index (χ0n) is 11.5. The molecule has 0 N–H and O–H groups in total. The molecule has 0 nitrogen and oxygen atoms in total. The summed E-state index contributed by atoms with van der Waals surface area (Å²) in [7, 11) is 0. The van der Waals surface area contributed by atoms with Crippen LogP contribution in [0, 0.1) is 0 Å². The molecule has 0 aliphatic heterocycles. The average Bonchev–Trinajstić information content (AvgIpc) is 2.76. The number of hydrogen-bond donors (Lipinski definition) is 0. The van der Waals surface area contributed by atoms with Gasteiger partial charge in [0.15, 0.2) is 0 Å². The van der Waals surface area contributed by atoms with Crippen LogP contribution in [0.2, 0.25) is 0 Å². The second kappa shape index (κ2) is 7.77. The fourth-order valence-electron chi connectivity index (χ4n) is 2.52. The summed E-state index contributed by atoms with van der Waals surface area (Å²) in [5.74, 6) is 0. The van der Waals surface area contributed by atoms with Gasteiger partial charge in [-0.15, -0.1) is 0 Å². The van der Waals surface area contributed by atoms with Crippen LogP contribution in [0.15, 0.2) is 42.1 Å². The van der Waals surface area contributed by atoms with Gasteiger partial charge in [0.05, 0.1) is 0 Å². The molecule has 0 radical (unpaired) electrons. The van der Waals surface area contributed by atoms with Crippen molar-refractivity contribution >= 4 is 3.26 Å². The van der Waals surface area contributed by atoms with E-state index in [1.807, 2.05) is 0 Å². The summed E-state index contributed by atoms with van der Waals surface area (Å²) >= 11 is -1.77. The first-order valence-electron chi connectivity index (χ1n) is 6.01. The van der Waals surface area contributed by atoms with E-state index in [1.54, 1.807) is 9.91 Å². The summed E-state index contributed by atoms with van der Waals surface area (Å²) in [6.45, 7) is 9.16. The fourth-order valence-corrected chi connectivity index (χ4v) is 13.5. The Hall–Kier alpha value is 0.280. The number of allylic oxidation sites excluding steroid dienone is 8. The van der Waals surface area contributed by atoms with E-state index in [0.29, 0.717) is 0 Å². The fraction of sp³-hybridized carbons (Fsp3) is 0.400. The molecule has 0 saturated heterocycles. The Morgan fingerprint density at radius 1 is 0.889 bits per heavy atom. The largest absolute Gasteiger partial charge is 1.00 e. The summed E-state index contributed by atoms with van der Waals surface area (Å²) in [5, 5.41) is 0. The molecule has 0 aromatic carbocycles. The van der Waals surface area contributed by atoms with Gasteiger partial charge in [-0.2, -0.15) is 0 Å². The standard InChI is InChI=1S/2C6H7.C3H6.2ClH.Hf/c2*1-6-4-2-3-5-6;1-3-2;;;/h2*4-5H,2H2,1H3;1-2H3;2*1H;/q;;;;;+2/p-2. The topological polar surface area (TPSA) is 0 Å². The summed E-state index contributed by atoms with van der Waals surface area (Å²) in [6.07, 6.45) is 12.2. The molecule has 0 unspecified atom stereocenters. The van der Waals surface area contributed by atoms with Crippen LogP contribution in [0.5, 0.6) is 0 Å². The number of rotatable bonds is 2. The minimum atomic E-state index is -1.77. The van der Waals surface area contributed by atoms with Crippen molar-refractivity contribution in [2.45, 2.75) is 40.5 Å². The van der Waals surface area contributed by atoms with Crippen LogP contribution in [0.1, 0.15) is 40.5 Å². The Morgan fingerprint density at radius 3 is 1.50 bits per heavy atom. The maximum absolute atomic E-state index is 2.46. The van der Waals surface area contributed by atoms with Crippen molar-refractivity contribution in [1.82, 2.24) is 0 Å². The zero-order valence-corrected chi connectivity index (χ0v) is 16.6. The van der Waals surface area contributed by atoms with Crippen LogP contribution < -0.4 is 24.8 Å². The van der Waals surface area contributed by atoms with E-state index in [9.17, 15) is 0 Å². The Bertz CT molecular complexity index is 435. The molecule has 3 heteroatoms. The summed E-state index contributed by atoms with van der Waals surface area (Å²) in [6, 6.07) is 0. The molecule has 2 rings (SSSR count). The van der Waals surface area contributed by atoms with Gasteiger partial charge in [-0.05, 0) is 0 Å². The van der Waals surface area contributed by atoms with E-state index < -0.39 is 21.0 Å². The molecule has 0 aromatic heterocycles. The van der Waals surface area contributed by atoms with Crippen molar-refractivity contribution in [1.29, 1.82) is 0 Å². The van der Waals surface area contributed by atoms with Gasteiger partial charge in [0.1, 0.15) is 0 Å². The maximum atomic E-state index is 2.46. The van der Waals surface area contributed by atoms with E-state index in [2.05, 4.69) is 52.0 Å². The third-order valence-corrected chi connectivity index (χ3v) is 13.9. The normalized spacial score (nSPS) is 16.4. The van der Waals surface area contributed by atoms with Gasteiger partial charge in [-0.25, -0.2) is 0 Å².